The highest BCUT2D eigenvalue weighted by atomic mass is 35.5. The Kier molecular flexibility index (Phi) is 4.37. The minimum atomic E-state index is 0.697. The summed E-state index contributed by atoms with van der Waals surface area (Å²) in [6.07, 6.45) is 4.12. The second-order valence-electron chi connectivity index (χ2n) is 6.02. The number of nitrogens with one attached hydrogen (secondary N) is 2. The van der Waals surface area contributed by atoms with E-state index in [1.807, 2.05) is 18.2 Å². The van der Waals surface area contributed by atoms with Crippen molar-refractivity contribution in [2.45, 2.75) is 24.4 Å². The molecule has 1 aromatic carbocycles. The molecule has 0 spiro atoms. The first-order valence-corrected chi connectivity index (χ1v) is 9.44. The van der Waals surface area contributed by atoms with Gasteiger partial charge >= 0.3 is 0 Å². The highest BCUT2D eigenvalue weighted by Gasteiger charge is 2.14. The average molecular weight is 349 g/mol. The number of thioether (sulfide) groups is 1. The standard InChI is InChI=1S/C16H18ClN5S/c17-11-4-5-13-12(10-11)14-15(18-13)19-16(21-20-14)23-9-8-22-6-2-1-3-7-22/h4-5,10H,1-3,6-9H2,(H,18,19,21)/p+1. The zero-order valence-electron chi connectivity index (χ0n) is 12.8. The summed E-state index contributed by atoms with van der Waals surface area (Å²) < 4.78 is 0. The van der Waals surface area contributed by atoms with E-state index in [1.165, 1.54) is 38.9 Å². The van der Waals surface area contributed by atoms with Crippen LogP contribution in [0.3, 0.4) is 0 Å². The highest BCUT2D eigenvalue weighted by Crippen LogP contribution is 2.26. The molecule has 1 aliphatic rings. The number of aromatic amines is 1. The summed E-state index contributed by atoms with van der Waals surface area (Å²) in [5.74, 6) is 1.04. The molecule has 4 rings (SSSR count). The van der Waals surface area contributed by atoms with Gasteiger partial charge in [-0.1, -0.05) is 23.4 Å². The van der Waals surface area contributed by atoms with E-state index in [0.717, 1.165) is 33.0 Å². The van der Waals surface area contributed by atoms with Crippen LogP contribution in [-0.2, 0) is 0 Å². The molecule has 2 aromatic heterocycles. The summed E-state index contributed by atoms with van der Waals surface area (Å²) in [7, 11) is 0. The van der Waals surface area contributed by atoms with Gasteiger partial charge in [0.25, 0.3) is 0 Å². The minimum absolute atomic E-state index is 0.697. The van der Waals surface area contributed by atoms with Crippen molar-refractivity contribution in [2.75, 3.05) is 25.4 Å². The van der Waals surface area contributed by atoms with Crippen molar-refractivity contribution in [1.82, 2.24) is 20.2 Å². The van der Waals surface area contributed by atoms with Crippen molar-refractivity contribution in [3.8, 4) is 0 Å². The van der Waals surface area contributed by atoms with E-state index in [0.29, 0.717) is 5.02 Å². The number of halogens is 1. The van der Waals surface area contributed by atoms with Crippen LogP contribution in [0.2, 0.25) is 5.02 Å². The summed E-state index contributed by atoms with van der Waals surface area (Å²) in [4.78, 5) is 9.61. The van der Waals surface area contributed by atoms with E-state index >= 15 is 0 Å². The van der Waals surface area contributed by atoms with Crippen molar-refractivity contribution < 1.29 is 4.90 Å². The van der Waals surface area contributed by atoms with Gasteiger partial charge in [0, 0.05) is 15.9 Å². The lowest BCUT2D eigenvalue weighted by atomic mass is 10.1. The summed E-state index contributed by atoms with van der Waals surface area (Å²) in [5.41, 5.74) is 2.56. The Hall–Kier alpha value is -1.37. The third-order valence-corrected chi connectivity index (χ3v) is 5.48. The molecule has 3 heterocycles. The number of H-pyrrole nitrogens is 1. The topological polar surface area (TPSA) is 58.9 Å². The monoisotopic (exact) mass is 348 g/mol. The normalized spacial score (nSPS) is 16.4. The van der Waals surface area contributed by atoms with Gasteiger partial charge in [-0.25, -0.2) is 4.98 Å². The third kappa shape index (κ3) is 3.29. The maximum absolute atomic E-state index is 6.06. The number of hydrogen-bond acceptors (Lipinski definition) is 4. The first-order valence-electron chi connectivity index (χ1n) is 8.07. The number of quaternary nitrogens is 1. The van der Waals surface area contributed by atoms with Crippen molar-refractivity contribution >= 4 is 45.4 Å². The molecule has 0 amide bonds. The van der Waals surface area contributed by atoms with E-state index < -0.39 is 0 Å². The molecule has 0 bridgehead atoms. The molecule has 1 fully saturated rings. The zero-order valence-corrected chi connectivity index (χ0v) is 14.4. The van der Waals surface area contributed by atoms with Gasteiger partial charge in [0.1, 0.15) is 5.52 Å². The van der Waals surface area contributed by atoms with Crippen LogP contribution in [0.4, 0.5) is 0 Å². The first-order chi connectivity index (χ1) is 11.3. The van der Waals surface area contributed by atoms with Crippen molar-refractivity contribution in [2.24, 2.45) is 0 Å². The molecule has 0 saturated carbocycles. The zero-order chi connectivity index (χ0) is 15.6. The predicted molar refractivity (Wildman–Crippen MR) is 94.3 cm³/mol. The lowest BCUT2D eigenvalue weighted by Crippen LogP contribution is -3.13. The SMILES string of the molecule is Clc1ccc2[nH]c3nc(SCC[NH+]4CCCCC4)nnc3c2c1. The number of rotatable bonds is 4. The van der Waals surface area contributed by atoms with Crippen LogP contribution >= 0.6 is 23.4 Å². The fraction of sp³-hybridized carbons (Fsp3) is 0.438. The van der Waals surface area contributed by atoms with Gasteiger partial charge in [-0.05, 0) is 37.5 Å². The van der Waals surface area contributed by atoms with Gasteiger partial charge in [-0.3, -0.25) is 0 Å². The van der Waals surface area contributed by atoms with Crippen LogP contribution in [0.1, 0.15) is 19.3 Å². The largest absolute Gasteiger partial charge is 0.338 e. The Morgan fingerprint density at radius 1 is 1.17 bits per heavy atom. The molecule has 3 aromatic rings. The number of nitrogens with zero attached hydrogens (tertiary/aromatic N) is 3. The lowest BCUT2D eigenvalue weighted by Gasteiger charge is -2.22. The molecule has 2 N–H and O–H groups in total. The molecule has 1 aliphatic heterocycles. The summed E-state index contributed by atoms with van der Waals surface area (Å²) in [6, 6.07) is 5.72. The number of aromatic nitrogens is 4. The lowest BCUT2D eigenvalue weighted by molar-refractivity contribution is -0.902. The van der Waals surface area contributed by atoms with Crippen molar-refractivity contribution in [3.63, 3.8) is 0 Å². The minimum Gasteiger partial charge on any atom is -0.338 e. The van der Waals surface area contributed by atoms with Crippen LogP contribution in [0.25, 0.3) is 22.1 Å². The Balaban J connectivity index is 1.49. The molecule has 0 unspecified atom stereocenters. The molecule has 0 atom stereocenters. The van der Waals surface area contributed by atoms with Crippen molar-refractivity contribution in [3.05, 3.63) is 23.2 Å². The molecule has 5 nitrogen and oxygen atoms in total. The number of hydrogen-bond donors (Lipinski definition) is 2. The number of piperidine rings is 1. The van der Waals surface area contributed by atoms with Crippen LogP contribution in [0.5, 0.6) is 0 Å². The van der Waals surface area contributed by atoms with Gasteiger partial charge < -0.3 is 9.88 Å². The van der Waals surface area contributed by atoms with E-state index in [1.54, 1.807) is 16.7 Å². The Bertz CT molecular complexity index is 828. The van der Waals surface area contributed by atoms with E-state index in [9.17, 15) is 0 Å². The second kappa shape index (κ2) is 6.63. The summed E-state index contributed by atoms with van der Waals surface area (Å²) in [6.45, 7) is 3.79. The van der Waals surface area contributed by atoms with Crippen LogP contribution in [-0.4, -0.2) is 45.6 Å². The first kappa shape index (κ1) is 15.2. The molecule has 0 aliphatic carbocycles. The van der Waals surface area contributed by atoms with E-state index in [2.05, 4.69) is 20.2 Å². The number of likely N-dealkylation sites (tertiary alicyclic amines) is 1. The van der Waals surface area contributed by atoms with E-state index in [-0.39, 0.29) is 0 Å². The Morgan fingerprint density at radius 2 is 2.04 bits per heavy atom. The van der Waals surface area contributed by atoms with Gasteiger partial charge in [0.2, 0.25) is 5.16 Å². The quantitative estimate of drug-likeness (QED) is 0.710. The van der Waals surface area contributed by atoms with E-state index in [4.69, 9.17) is 11.6 Å². The Morgan fingerprint density at radius 3 is 2.91 bits per heavy atom. The van der Waals surface area contributed by atoms with Crippen LogP contribution in [0.15, 0.2) is 23.4 Å². The third-order valence-electron chi connectivity index (χ3n) is 4.40. The fourth-order valence-corrected chi connectivity index (χ4v) is 4.18. The molecule has 120 valence electrons. The maximum Gasteiger partial charge on any atom is 0.211 e. The maximum atomic E-state index is 6.06. The number of benzene rings is 1. The molecular weight excluding hydrogens is 330 g/mol. The fourth-order valence-electron chi connectivity index (χ4n) is 3.18. The van der Waals surface area contributed by atoms with Crippen molar-refractivity contribution in [1.29, 1.82) is 0 Å². The van der Waals surface area contributed by atoms with Crippen LogP contribution < -0.4 is 4.90 Å². The molecular formula is C16H19ClN5S+. The van der Waals surface area contributed by atoms with Gasteiger partial charge in [0.15, 0.2) is 5.65 Å². The molecule has 0 radical (unpaired) electrons. The number of fused-ring (bicyclic) bond motifs is 3. The predicted octanol–water partition coefficient (Wildman–Crippen LogP) is 2.32. The molecule has 1 saturated heterocycles. The summed E-state index contributed by atoms with van der Waals surface area (Å²) >= 11 is 7.75. The highest BCUT2D eigenvalue weighted by molar-refractivity contribution is 7.99. The second-order valence-corrected chi connectivity index (χ2v) is 7.51. The van der Waals surface area contributed by atoms with Gasteiger partial charge in [-0.15, -0.1) is 10.2 Å². The van der Waals surface area contributed by atoms with Gasteiger partial charge in [-0.2, -0.15) is 0 Å². The molecule has 7 heteroatoms. The van der Waals surface area contributed by atoms with Crippen LogP contribution in [0, 0.1) is 0 Å². The Labute approximate surface area is 143 Å². The molecule has 23 heavy (non-hydrogen) atoms. The van der Waals surface area contributed by atoms with Gasteiger partial charge in [0.05, 0.1) is 25.4 Å². The average Bonchev–Trinajstić information content (AvgIpc) is 2.93. The summed E-state index contributed by atoms with van der Waals surface area (Å²) in [5, 5.41) is 11.0. The smallest absolute Gasteiger partial charge is 0.211 e.